The monoisotopic (exact) mass is 414 g/mol. The van der Waals surface area contributed by atoms with Crippen LogP contribution in [0.2, 0.25) is 0 Å². The van der Waals surface area contributed by atoms with E-state index in [2.05, 4.69) is 15.7 Å². The van der Waals surface area contributed by atoms with E-state index in [1.165, 1.54) is 4.31 Å². The second-order valence-corrected chi connectivity index (χ2v) is 8.70. The molecule has 0 saturated carbocycles. The smallest absolute Gasteiger partial charge is 0.406 e. The molecule has 0 bridgehead atoms. The Morgan fingerprint density at radius 1 is 1.07 bits per heavy atom. The van der Waals surface area contributed by atoms with Crippen LogP contribution in [0.1, 0.15) is 12.5 Å². The van der Waals surface area contributed by atoms with Crippen molar-refractivity contribution in [2.45, 2.75) is 31.1 Å². The van der Waals surface area contributed by atoms with Crippen LogP contribution >= 0.6 is 0 Å². The van der Waals surface area contributed by atoms with E-state index in [1.807, 2.05) is 32.0 Å². The lowest BCUT2D eigenvalue weighted by molar-refractivity contribution is -0.274. The number of aryl methyl sites for hydroxylation is 1. The van der Waals surface area contributed by atoms with Gasteiger partial charge in [-0.15, -0.1) is 13.2 Å². The van der Waals surface area contributed by atoms with Crippen LogP contribution in [0.3, 0.4) is 0 Å². The van der Waals surface area contributed by atoms with Crippen LogP contribution in [0.5, 0.6) is 5.75 Å². The number of rotatable bonds is 4. The van der Waals surface area contributed by atoms with Gasteiger partial charge in [-0.1, -0.05) is 12.1 Å². The molecule has 1 atom stereocenters. The minimum Gasteiger partial charge on any atom is -0.406 e. The van der Waals surface area contributed by atoms with Crippen molar-refractivity contribution < 1.29 is 26.3 Å². The Morgan fingerprint density at radius 2 is 1.75 bits per heavy atom. The third kappa shape index (κ3) is 4.59. The Labute approximate surface area is 162 Å². The van der Waals surface area contributed by atoms with Crippen LogP contribution in [0.4, 0.5) is 18.9 Å². The highest BCUT2D eigenvalue weighted by atomic mass is 32.2. The number of anilines is 1. The van der Waals surface area contributed by atoms with E-state index in [0.717, 1.165) is 35.5 Å². The van der Waals surface area contributed by atoms with Gasteiger partial charge in [0.1, 0.15) is 5.75 Å². The maximum absolute atomic E-state index is 12.9. The molecule has 5 nitrogen and oxygen atoms in total. The van der Waals surface area contributed by atoms with E-state index in [4.69, 9.17) is 0 Å². The Kier molecular flexibility index (Phi) is 5.58. The second kappa shape index (κ2) is 7.63. The number of hydrogen-bond acceptors (Lipinski definition) is 4. The molecule has 1 unspecified atom stereocenters. The molecular weight excluding hydrogens is 393 g/mol. The summed E-state index contributed by atoms with van der Waals surface area (Å²) in [6.45, 7) is 5.06. The molecule has 1 saturated heterocycles. The molecule has 9 heteroatoms. The van der Waals surface area contributed by atoms with E-state index >= 15 is 0 Å². The summed E-state index contributed by atoms with van der Waals surface area (Å²) < 4.78 is 67.7. The number of sulfonamides is 1. The van der Waals surface area contributed by atoms with Gasteiger partial charge in [0, 0.05) is 31.4 Å². The first kappa shape index (κ1) is 20.5. The molecule has 3 rings (SSSR count). The van der Waals surface area contributed by atoms with Crippen LogP contribution in [0, 0.1) is 6.92 Å². The molecule has 0 amide bonds. The average Bonchev–Trinajstić information content (AvgIpc) is 2.60. The average molecular weight is 414 g/mol. The third-order valence-electron chi connectivity index (χ3n) is 4.62. The minimum atomic E-state index is -4.82. The van der Waals surface area contributed by atoms with Crippen LogP contribution in [-0.2, 0) is 10.0 Å². The van der Waals surface area contributed by atoms with Crippen molar-refractivity contribution in [1.82, 2.24) is 4.31 Å². The van der Waals surface area contributed by atoms with Crippen molar-refractivity contribution in [3.8, 4) is 5.75 Å². The Balaban J connectivity index is 1.73. The Bertz CT molecular complexity index is 930. The molecule has 152 valence electrons. The summed E-state index contributed by atoms with van der Waals surface area (Å²) in [4.78, 5) is 2.09. The largest absolute Gasteiger partial charge is 0.573 e. The summed E-state index contributed by atoms with van der Waals surface area (Å²) in [7, 11) is -3.80. The molecular formula is C19H21F3N2O3S. The number of piperazine rings is 1. The van der Waals surface area contributed by atoms with E-state index in [9.17, 15) is 21.6 Å². The Hall–Kier alpha value is -2.26. The quantitative estimate of drug-likeness (QED) is 0.764. The fourth-order valence-electron chi connectivity index (χ4n) is 3.30. The third-order valence-corrected chi connectivity index (χ3v) is 6.50. The normalized spacial score (nSPS) is 18.9. The fraction of sp³-hybridized carbons (Fsp3) is 0.368. The first-order chi connectivity index (χ1) is 13.1. The highest BCUT2D eigenvalue weighted by Gasteiger charge is 2.33. The second-order valence-electron chi connectivity index (χ2n) is 6.76. The lowest BCUT2D eigenvalue weighted by Gasteiger charge is -2.40. The van der Waals surface area contributed by atoms with Gasteiger partial charge in [0.05, 0.1) is 4.90 Å². The Morgan fingerprint density at radius 3 is 2.32 bits per heavy atom. The highest BCUT2D eigenvalue weighted by molar-refractivity contribution is 7.89. The lowest BCUT2D eigenvalue weighted by atomic mass is 10.1. The molecule has 0 N–H and O–H groups in total. The topological polar surface area (TPSA) is 49.9 Å². The van der Waals surface area contributed by atoms with Crippen molar-refractivity contribution >= 4 is 15.7 Å². The zero-order valence-corrected chi connectivity index (χ0v) is 16.3. The first-order valence-corrected chi connectivity index (χ1v) is 10.2. The SMILES string of the molecule is Cc1cccc(N2CCN(S(=O)(=O)c3ccc(OC(F)(F)F)cc3)CC2C)c1. The van der Waals surface area contributed by atoms with Gasteiger partial charge in [-0.25, -0.2) is 8.42 Å². The van der Waals surface area contributed by atoms with E-state index < -0.39 is 22.1 Å². The molecule has 2 aromatic carbocycles. The molecule has 0 radical (unpaired) electrons. The molecule has 0 aromatic heterocycles. The molecule has 1 heterocycles. The first-order valence-electron chi connectivity index (χ1n) is 8.75. The standard InChI is InChI=1S/C19H21F3N2O3S/c1-14-4-3-5-16(12-14)24-11-10-23(13-15(24)2)28(25,26)18-8-6-17(7-9-18)27-19(20,21)22/h3-9,12,15H,10-11,13H2,1-2H3. The van der Waals surface area contributed by atoms with E-state index in [1.54, 1.807) is 0 Å². The van der Waals surface area contributed by atoms with Crippen molar-refractivity contribution in [2.24, 2.45) is 0 Å². The summed E-state index contributed by atoms with van der Waals surface area (Å²) >= 11 is 0. The summed E-state index contributed by atoms with van der Waals surface area (Å²) in [5, 5.41) is 0. The van der Waals surface area contributed by atoms with Crippen molar-refractivity contribution in [1.29, 1.82) is 0 Å². The number of ether oxygens (including phenoxy) is 1. The molecule has 0 aliphatic carbocycles. The zero-order valence-electron chi connectivity index (χ0n) is 15.5. The predicted molar refractivity (Wildman–Crippen MR) is 99.9 cm³/mol. The van der Waals surface area contributed by atoms with Gasteiger partial charge in [-0.3, -0.25) is 0 Å². The van der Waals surface area contributed by atoms with E-state index in [-0.39, 0.29) is 17.5 Å². The van der Waals surface area contributed by atoms with Gasteiger partial charge in [-0.2, -0.15) is 4.31 Å². The molecule has 1 aliphatic heterocycles. The number of benzene rings is 2. The predicted octanol–water partition coefficient (Wildman–Crippen LogP) is 3.79. The van der Waals surface area contributed by atoms with Crippen LogP contribution in [0.25, 0.3) is 0 Å². The van der Waals surface area contributed by atoms with Gasteiger partial charge in [-0.05, 0) is 55.8 Å². The summed E-state index contributed by atoms with van der Waals surface area (Å²) in [5.41, 5.74) is 2.17. The van der Waals surface area contributed by atoms with Crippen molar-refractivity contribution in [3.05, 3.63) is 54.1 Å². The molecule has 2 aromatic rings. The molecule has 1 aliphatic rings. The molecule has 1 fully saturated rings. The van der Waals surface area contributed by atoms with Gasteiger partial charge in [0.2, 0.25) is 10.0 Å². The summed E-state index contributed by atoms with van der Waals surface area (Å²) in [6, 6.07) is 12.2. The highest BCUT2D eigenvalue weighted by Crippen LogP contribution is 2.27. The lowest BCUT2D eigenvalue weighted by Crippen LogP contribution is -2.53. The van der Waals surface area contributed by atoms with Crippen molar-refractivity contribution in [3.63, 3.8) is 0 Å². The van der Waals surface area contributed by atoms with Crippen LogP contribution in [-0.4, -0.2) is 44.8 Å². The zero-order chi connectivity index (χ0) is 20.5. The van der Waals surface area contributed by atoms with Crippen LogP contribution < -0.4 is 9.64 Å². The van der Waals surface area contributed by atoms with Gasteiger partial charge in [0.25, 0.3) is 0 Å². The number of hydrogen-bond donors (Lipinski definition) is 0. The summed E-state index contributed by atoms with van der Waals surface area (Å²) in [6.07, 6.45) is -4.82. The number of alkyl halides is 3. The molecule has 0 spiro atoms. The van der Waals surface area contributed by atoms with Gasteiger partial charge < -0.3 is 9.64 Å². The van der Waals surface area contributed by atoms with Crippen molar-refractivity contribution in [2.75, 3.05) is 24.5 Å². The number of halogens is 3. The maximum atomic E-state index is 12.9. The fourth-order valence-corrected chi connectivity index (χ4v) is 4.81. The maximum Gasteiger partial charge on any atom is 0.573 e. The van der Waals surface area contributed by atoms with Gasteiger partial charge >= 0.3 is 6.36 Å². The van der Waals surface area contributed by atoms with Crippen LogP contribution in [0.15, 0.2) is 53.4 Å². The summed E-state index contributed by atoms with van der Waals surface area (Å²) in [5.74, 6) is -0.455. The number of nitrogens with zero attached hydrogens (tertiary/aromatic N) is 2. The van der Waals surface area contributed by atoms with E-state index in [0.29, 0.717) is 13.1 Å². The minimum absolute atomic E-state index is 0.0434. The van der Waals surface area contributed by atoms with Gasteiger partial charge in [0.15, 0.2) is 0 Å². The molecule has 28 heavy (non-hydrogen) atoms.